The highest BCUT2D eigenvalue weighted by Gasteiger charge is 2.75. The van der Waals surface area contributed by atoms with E-state index in [1.165, 1.54) is 0 Å². The summed E-state index contributed by atoms with van der Waals surface area (Å²) in [6, 6.07) is 8.11. The van der Waals surface area contributed by atoms with Crippen molar-refractivity contribution >= 4 is 11.9 Å². The SMILES string of the molecule is CCOC(=O)[C@H]1[C@@H]2C[C@H](N=[N+]=[N-])[C@@](N=[N+]=[N-])(C(=O)OCc3ccccc3)[C@@H]21. The minimum atomic E-state index is -1.74. The molecular weight excluding hydrogens is 352 g/mol. The Bertz CT molecular complexity index is 833. The molecule has 0 N–H and O–H groups in total. The van der Waals surface area contributed by atoms with Crippen LogP contribution < -0.4 is 0 Å². The van der Waals surface area contributed by atoms with Crippen molar-refractivity contribution in [3.8, 4) is 0 Å². The molecule has 27 heavy (non-hydrogen) atoms. The van der Waals surface area contributed by atoms with E-state index in [4.69, 9.17) is 20.5 Å². The van der Waals surface area contributed by atoms with Gasteiger partial charge in [0.15, 0.2) is 5.54 Å². The molecule has 0 radical (unpaired) electrons. The minimum absolute atomic E-state index is 0.0210. The molecule has 1 aromatic rings. The molecule has 2 aliphatic rings. The maximum absolute atomic E-state index is 13.0. The van der Waals surface area contributed by atoms with Gasteiger partial charge in [-0.05, 0) is 41.8 Å². The van der Waals surface area contributed by atoms with Crippen LogP contribution in [0.5, 0.6) is 0 Å². The average Bonchev–Trinajstić information content (AvgIpc) is 3.31. The number of hydrogen-bond donors (Lipinski definition) is 0. The Hall–Kier alpha value is -3.22. The third kappa shape index (κ3) is 3.16. The Kier molecular flexibility index (Phi) is 5.21. The summed E-state index contributed by atoms with van der Waals surface area (Å²) in [6.45, 7) is 1.88. The summed E-state index contributed by atoms with van der Waals surface area (Å²) >= 11 is 0. The molecule has 2 saturated carbocycles. The highest BCUT2D eigenvalue weighted by Crippen LogP contribution is 2.65. The van der Waals surface area contributed by atoms with Gasteiger partial charge in [0.1, 0.15) is 6.61 Å². The third-order valence-electron chi connectivity index (χ3n) is 5.18. The van der Waals surface area contributed by atoms with Crippen molar-refractivity contribution in [3.05, 3.63) is 56.8 Å². The number of azide groups is 2. The second-order valence-electron chi connectivity index (χ2n) is 6.50. The van der Waals surface area contributed by atoms with Crippen LogP contribution in [0.15, 0.2) is 40.6 Å². The second-order valence-corrected chi connectivity index (χ2v) is 6.50. The van der Waals surface area contributed by atoms with Gasteiger partial charge in [0.25, 0.3) is 0 Å². The zero-order valence-corrected chi connectivity index (χ0v) is 14.6. The van der Waals surface area contributed by atoms with Crippen molar-refractivity contribution in [1.29, 1.82) is 0 Å². The zero-order valence-electron chi connectivity index (χ0n) is 14.6. The number of carbonyl (C=O) groups excluding carboxylic acids is 2. The smallest absolute Gasteiger partial charge is 0.319 e. The number of esters is 2. The fourth-order valence-corrected chi connectivity index (χ4v) is 4.04. The van der Waals surface area contributed by atoms with Gasteiger partial charge in [-0.1, -0.05) is 40.6 Å². The fourth-order valence-electron chi connectivity index (χ4n) is 4.04. The topological polar surface area (TPSA) is 150 Å². The molecule has 10 nitrogen and oxygen atoms in total. The van der Waals surface area contributed by atoms with Gasteiger partial charge >= 0.3 is 11.9 Å². The van der Waals surface area contributed by atoms with E-state index in [0.717, 1.165) is 5.56 Å². The Morgan fingerprint density at radius 1 is 1.22 bits per heavy atom. The number of benzene rings is 1. The van der Waals surface area contributed by atoms with E-state index in [1.54, 1.807) is 31.2 Å². The first-order valence-electron chi connectivity index (χ1n) is 8.58. The first kappa shape index (κ1) is 18.6. The van der Waals surface area contributed by atoms with Gasteiger partial charge in [0, 0.05) is 9.82 Å². The molecule has 0 aromatic heterocycles. The van der Waals surface area contributed by atoms with E-state index in [0.29, 0.717) is 0 Å². The second kappa shape index (κ2) is 7.57. The summed E-state index contributed by atoms with van der Waals surface area (Å²) < 4.78 is 10.4. The fraction of sp³-hybridized carbons (Fsp3) is 0.529. The molecule has 0 heterocycles. The van der Waals surface area contributed by atoms with Gasteiger partial charge in [0.05, 0.1) is 18.6 Å². The Morgan fingerprint density at radius 3 is 2.59 bits per heavy atom. The molecule has 0 spiro atoms. The monoisotopic (exact) mass is 370 g/mol. The summed E-state index contributed by atoms with van der Waals surface area (Å²) in [5.74, 6) is -2.63. The van der Waals surface area contributed by atoms with Crippen molar-refractivity contribution in [2.24, 2.45) is 28.0 Å². The van der Waals surface area contributed by atoms with E-state index < -0.39 is 35.4 Å². The molecule has 10 heteroatoms. The van der Waals surface area contributed by atoms with E-state index in [2.05, 4.69) is 20.1 Å². The number of rotatable bonds is 7. The summed E-state index contributed by atoms with van der Waals surface area (Å²) in [4.78, 5) is 30.7. The molecule has 5 atom stereocenters. The first-order chi connectivity index (χ1) is 13.1. The van der Waals surface area contributed by atoms with Crippen molar-refractivity contribution in [1.82, 2.24) is 0 Å². The van der Waals surface area contributed by atoms with E-state index in [1.807, 2.05) is 6.07 Å². The van der Waals surface area contributed by atoms with Gasteiger partial charge in [-0.2, -0.15) is 0 Å². The summed E-state index contributed by atoms with van der Waals surface area (Å²) in [5, 5.41) is 7.37. The first-order valence-corrected chi connectivity index (χ1v) is 8.58. The number of nitrogens with zero attached hydrogens (tertiary/aromatic N) is 6. The van der Waals surface area contributed by atoms with Crippen LogP contribution in [0.25, 0.3) is 20.9 Å². The maximum atomic E-state index is 13.0. The van der Waals surface area contributed by atoms with Gasteiger partial charge < -0.3 is 9.47 Å². The Balaban J connectivity index is 1.88. The predicted molar refractivity (Wildman–Crippen MR) is 92.8 cm³/mol. The van der Waals surface area contributed by atoms with Crippen LogP contribution in [0.4, 0.5) is 0 Å². The minimum Gasteiger partial charge on any atom is -0.466 e. The van der Waals surface area contributed by atoms with E-state index in [9.17, 15) is 9.59 Å². The molecular formula is C17H18N6O4. The zero-order chi connectivity index (χ0) is 19.4. The number of carbonyl (C=O) groups is 2. The van der Waals surface area contributed by atoms with Crippen LogP contribution in [0.1, 0.15) is 18.9 Å². The summed E-state index contributed by atoms with van der Waals surface area (Å²) in [6.07, 6.45) is 0.262. The maximum Gasteiger partial charge on any atom is 0.319 e. The van der Waals surface area contributed by atoms with Crippen molar-refractivity contribution in [2.75, 3.05) is 6.61 Å². The third-order valence-corrected chi connectivity index (χ3v) is 5.18. The predicted octanol–water partition coefficient (Wildman–Crippen LogP) is 3.29. The average molecular weight is 370 g/mol. The highest BCUT2D eigenvalue weighted by atomic mass is 16.5. The van der Waals surface area contributed by atoms with Gasteiger partial charge in [0.2, 0.25) is 0 Å². The van der Waals surface area contributed by atoms with Crippen LogP contribution in [0.3, 0.4) is 0 Å². The summed E-state index contributed by atoms with van der Waals surface area (Å²) in [7, 11) is 0. The van der Waals surface area contributed by atoms with E-state index in [-0.39, 0.29) is 25.6 Å². The normalized spacial score (nSPS) is 30.3. The molecule has 1 aromatic carbocycles. The molecule has 2 fully saturated rings. The van der Waals surface area contributed by atoms with Crippen LogP contribution in [0.2, 0.25) is 0 Å². The molecule has 0 bridgehead atoms. The quantitative estimate of drug-likeness (QED) is 0.313. The van der Waals surface area contributed by atoms with Crippen LogP contribution in [-0.4, -0.2) is 30.1 Å². The highest BCUT2D eigenvalue weighted by molar-refractivity contribution is 5.88. The van der Waals surface area contributed by atoms with Crippen molar-refractivity contribution in [2.45, 2.75) is 31.5 Å². The largest absolute Gasteiger partial charge is 0.466 e. The number of ether oxygens (including phenoxy) is 2. The molecule has 0 amide bonds. The number of hydrogen-bond acceptors (Lipinski definition) is 6. The lowest BCUT2D eigenvalue weighted by atomic mass is 9.87. The summed E-state index contributed by atoms with van der Waals surface area (Å²) in [5.41, 5.74) is 17.0. The standard InChI is InChI=1S/C17H18N6O4/c1-2-26-15(24)13-11-8-12(20-22-18)17(14(11)13,21-23-19)16(25)27-9-10-6-4-3-5-7-10/h3-7,11-14H,2,8-9H2,1H3/t11-,12-,13-,14-,17-/m0/s1. The van der Waals surface area contributed by atoms with Crippen molar-refractivity contribution < 1.29 is 19.1 Å². The van der Waals surface area contributed by atoms with Crippen LogP contribution in [0, 0.1) is 17.8 Å². The lowest BCUT2D eigenvalue weighted by molar-refractivity contribution is -0.154. The molecule has 0 unspecified atom stereocenters. The van der Waals surface area contributed by atoms with Crippen molar-refractivity contribution in [3.63, 3.8) is 0 Å². The Labute approximate surface area is 154 Å². The Morgan fingerprint density at radius 2 is 1.96 bits per heavy atom. The molecule has 0 aliphatic heterocycles. The van der Waals surface area contributed by atoms with Crippen LogP contribution >= 0.6 is 0 Å². The van der Waals surface area contributed by atoms with Gasteiger partial charge in [-0.25, -0.2) is 0 Å². The van der Waals surface area contributed by atoms with Gasteiger partial charge in [-0.3, -0.25) is 9.59 Å². The molecule has 140 valence electrons. The molecule has 2 aliphatic carbocycles. The van der Waals surface area contributed by atoms with Crippen LogP contribution in [-0.2, 0) is 25.7 Å². The lowest BCUT2D eigenvalue weighted by Crippen LogP contribution is -2.48. The van der Waals surface area contributed by atoms with Gasteiger partial charge in [-0.15, -0.1) is 0 Å². The molecule has 0 saturated heterocycles. The molecule has 3 rings (SSSR count). The van der Waals surface area contributed by atoms with E-state index >= 15 is 0 Å². The number of fused-ring (bicyclic) bond motifs is 1. The lowest BCUT2D eigenvalue weighted by Gasteiger charge is -2.29.